The second kappa shape index (κ2) is 20.3. The van der Waals surface area contributed by atoms with Crippen LogP contribution in [-0.4, -0.2) is 162 Å². The van der Waals surface area contributed by atoms with Gasteiger partial charge < -0.3 is 60.6 Å². The van der Waals surface area contributed by atoms with Gasteiger partial charge in [-0.3, -0.25) is 0 Å². The minimum Gasteiger partial charge on any atom is -0.396 e. The molecule has 0 atom stereocenters. The second-order valence-electron chi connectivity index (χ2n) is 16.8. The van der Waals surface area contributed by atoms with Crippen molar-refractivity contribution in [1.82, 2.24) is 50.5 Å². The van der Waals surface area contributed by atoms with Gasteiger partial charge in [0.2, 0.25) is 11.9 Å². The summed E-state index contributed by atoms with van der Waals surface area (Å²) in [4.78, 5) is 46.2. The summed E-state index contributed by atoms with van der Waals surface area (Å²) >= 11 is 0. The van der Waals surface area contributed by atoms with E-state index in [0.29, 0.717) is 62.1 Å². The van der Waals surface area contributed by atoms with Gasteiger partial charge in [-0.1, -0.05) is 0 Å². The molecule has 0 radical (unpaired) electrons. The van der Waals surface area contributed by atoms with Crippen LogP contribution < -0.4 is 40.9 Å². The van der Waals surface area contributed by atoms with Crippen LogP contribution in [0.1, 0.15) is 25.2 Å². The van der Waals surface area contributed by atoms with E-state index in [-0.39, 0.29) is 6.61 Å². The number of nitrogens with one attached hydrogen (secondary N) is 4. The predicted octanol–water partition coefficient (Wildman–Crippen LogP) is 2.58. The highest BCUT2D eigenvalue weighted by molar-refractivity contribution is 5.90. The van der Waals surface area contributed by atoms with Crippen molar-refractivity contribution in [3.63, 3.8) is 0 Å². The molecular weight excluding hydrogens is 829 g/mol. The van der Waals surface area contributed by atoms with Crippen molar-refractivity contribution >= 4 is 68.3 Å². The van der Waals surface area contributed by atoms with Gasteiger partial charge >= 0.3 is 0 Å². The average Bonchev–Trinajstić information content (AvgIpc) is 3.35. The zero-order valence-corrected chi connectivity index (χ0v) is 37.1. The molecule has 342 valence electrons. The fourth-order valence-electron chi connectivity index (χ4n) is 8.14. The van der Waals surface area contributed by atoms with Crippen molar-refractivity contribution in [2.75, 3.05) is 142 Å². The summed E-state index contributed by atoms with van der Waals surface area (Å²) in [6, 6.07) is 11.8. The van der Waals surface area contributed by atoms with Crippen molar-refractivity contribution < 1.29 is 19.7 Å². The number of hydrogen-bond acceptors (Lipinski definition) is 20. The molecule has 20 heteroatoms. The highest BCUT2D eigenvalue weighted by Crippen LogP contribution is 2.31. The lowest BCUT2D eigenvalue weighted by Crippen LogP contribution is -2.43. The Kier molecular flexibility index (Phi) is 13.8. The largest absolute Gasteiger partial charge is 0.396 e. The number of aliphatic hydroxyl groups is 2. The molecular formula is C45H58N16O4. The summed E-state index contributed by atoms with van der Waals surface area (Å²) in [5.41, 5.74) is 4.10. The van der Waals surface area contributed by atoms with Crippen LogP contribution in [0.15, 0.2) is 61.2 Å². The number of nitrogens with zero attached hydrogens (tertiary/aromatic N) is 12. The maximum absolute atomic E-state index is 10.6. The van der Waals surface area contributed by atoms with Crippen molar-refractivity contribution in [2.45, 2.75) is 25.9 Å². The first-order chi connectivity index (χ1) is 31.8. The topological polar surface area (TPSA) is 223 Å². The Labute approximate surface area is 377 Å². The monoisotopic (exact) mass is 886 g/mol. The van der Waals surface area contributed by atoms with Crippen LogP contribution in [0.2, 0.25) is 0 Å². The summed E-state index contributed by atoms with van der Waals surface area (Å²) in [6.07, 6.45) is 7.82. The molecule has 0 amide bonds. The number of aromatic nitrogens is 8. The molecule has 4 aliphatic heterocycles. The Morgan fingerprint density at radius 3 is 1.51 bits per heavy atom. The normalized spacial score (nSPS) is 17.2. The molecule has 0 unspecified atom stereocenters. The van der Waals surface area contributed by atoms with E-state index in [0.717, 1.165) is 129 Å². The van der Waals surface area contributed by atoms with Crippen molar-refractivity contribution in [2.24, 2.45) is 0 Å². The van der Waals surface area contributed by atoms with Crippen LogP contribution in [0.25, 0.3) is 21.8 Å². The maximum Gasteiger partial charge on any atom is 0.229 e. The molecule has 10 rings (SSSR count). The molecule has 10 heterocycles. The predicted molar refractivity (Wildman–Crippen MR) is 252 cm³/mol. The van der Waals surface area contributed by atoms with Crippen LogP contribution in [0, 0.1) is 0 Å². The fourth-order valence-corrected chi connectivity index (χ4v) is 8.14. The first kappa shape index (κ1) is 44.1. The molecule has 4 aliphatic rings. The van der Waals surface area contributed by atoms with Gasteiger partial charge in [-0.25, -0.2) is 39.9 Å². The van der Waals surface area contributed by atoms with E-state index >= 15 is 0 Å². The van der Waals surface area contributed by atoms with Crippen molar-refractivity contribution in [3.05, 3.63) is 72.6 Å². The molecule has 0 aliphatic carbocycles. The lowest BCUT2D eigenvalue weighted by Gasteiger charge is -2.30. The molecule has 0 aromatic carbocycles. The van der Waals surface area contributed by atoms with E-state index in [4.69, 9.17) is 29.4 Å². The lowest BCUT2D eigenvalue weighted by molar-refractivity contribution is 0.0740. The Morgan fingerprint density at radius 2 is 1.06 bits per heavy atom. The van der Waals surface area contributed by atoms with Gasteiger partial charge in [0, 0.05) is 120 Å². The standard InChI is InChI=1S/C23H30N8O2.C22H28N8O2/c1-23(2,32)18-13-16-14-26-22(29-20(16)21(27-18)31-9-11-33-12-10-31)28-19-4-3-17(15-25-19)30-7-5-24-6-8-30;31-10-3-17-13-16-14-25-22(28-20(16)21(26-17)30-8-11-32-12-9-30)27-19-2-1-18(15-24-19)29-6-4-23-5-7-29/h3-4,13-15,24,32H,5-12H2,1-2H3,(H,25,26,28,29);1-2,13-15,23,31H,3-12H2,(H,24,25,27,28). The number of hydrogen-bond donors (Lipinski definition) is 6. The lowest BCUT2D eigenvalue weighted by atomic mass is 10.0. The number of anilines is 8. The molecule has 4 fully saturated rings. The highest BCUT2D eigenvalue weighted by Gasteiger charge is 2.25. The van der Waals surface area contributed by atoms with Gasteiger partial charge in [0.1, 0.15) is 28.3 Å². The van der Waals surface area contributed by atoms with Crippen LogP contribution in [0.4, 0.5) is 46.5 Å². The third kappa shape index (κ3) is 10.9. The fraction of sp³-hybridized carbons (Fsp3) is 0.467. The molecule has 6 N–H and O–H groups in total. The summed E-state index contributed by atoms with van der Waals surface area (Å²) in [5, 5.41) is 34.8. The van der Waals surface area contributed by atoms with Crippen LogP contribution in [0.3, 0.4) is 0 Å². The third-order valence-electron chi connectivity index (χ3n) is 11.7. The number of aliphatic hydroxyl groups excluding tert-OH is 1. The van der Waals surface area contributed by atoms with Crippen LogP contribution in [0.5, 0.6) is 0 Å². The summed E-state index contributed by atoms with van der Waals surface area (Å²) in [7, 11) is 0. The third-order valence-corrected chi connectivity index (χ3v) is 11.7. The number of ether oxygens (including phenoxy) is 2. The minimum absolute atomic E-state index is 0.0527. The second-order valence-corrected chi connectivity index (χ2v) is 16.8. The minimum atomic E-state index is -1.07. The zero-order chi connectivity index (χ0) is 44.6. The van der Waals surface area contributed by atoms with Gasteiger partial charge in [0.25, 0.3) is 0 Å². The number of piperazine rings is 2. The van der Waals surface area contributed by atoms with Crippen LogP contribution in [-0.2, 0) is 21.5 Å². The first-order valence-corrected chi connectivity index (χ1v) is 22.5. The maximum atomic E-state index is 10.6. The van der Waals surface area contributed by atoms with Gasteiger partial charge in [-0.2, -0.15) is 0 Å². The van der Waals surface area contributed by atoms with Crippen molar-refractivity contribution in [1.29, 1.82) is 0 Å². The van der Waals surface area contributed by atoms with E-state index in [2.05, 4.69) is 72.9 Å². The molecule has 4 saturated heterocycles. The number of morpholine rings is 2. The molecule has 6 aromatic heterocycles. The first-order valence-electron chi connectivity index (χ1n) is 22.5. The van der Waals surface area contributed by atoms with Gasteiger partial charge in [-0.15, -0.1) is 0 Å². The summed E-state index contributed by atoms with van der Waals surface area (Å²) in [6.45, 7) is 16.9. The smallest absolute Gasteiger partial charge is 0.229 e. The van der Waals surface area contributed by atoms with Gasteiger partial charge in [0.05, 0.1) is 55.9 Å². The van der Waals surface area contributed by atoms with E-state index in [9.17, 15) is 10.2 Å². The molecule has 0 bridgehead atoms. The number of rotatable bonds is 11. The van der Waals surface area contributed by atoms with E-state index in [1.54, 1.807) is 26.2 Å². The molecule has 20 nitrogen and oxygen atoms in total. The van der Waals surface area contributed by atoms with Crippen LogP contribution >= 0.6 is 0 Å². The number of pyridine rings is 4. The Balaban J connectivity index is 0.000000164. The average molecular weight is 887 g/mol. The van der Waals surface area contributed by atoms with E-state index < -0.39 is 5.60 Å². The molecule has 65 heavy (non-hydrogen) atoms. The number of fused-ring (bicyclic) bond motifs is 2. The quantitative estimate of drug-likeness (QED) is 0.110. The van der Waals surface area contributed by atoms with Gasteiger partial charge in [-0.05, 0) is 50.2 Å². The van der Waals surface area contributed by atoms with E-state index in [1.807, 2.05) is 36.7 Å². The summed E-state index contributed by atoms with van der Waals surface area (Å²) < 4.78 is 11.0. The molecule has 0 spiro atoms. The zero-order valence-electron chi connectivity index (χ0n) is 37.1. The van der Waals surface area contributed by atoms with Crippen molar-refractivity contribution in [3.8, 4) is 0 Å². The molecule has 0 saturated carbocycles. The molecule has 6 aromatic rings. The highest BCUT2D eigenvalue weighted by atomic mass is 16.5. The van der Waals surface area contributed by atoms with E-state index in [1.165, 1.54) is 0 Å². The Hall–Kier alpha value is -6.16. The Morgan fingerprint density at radius 1 is 0.585 bits per heavy atom. The Bertz CT molecular complexity index is 2500. The van der Waals surface area contributed by atoms with Gasteiger partial charge in [0.15, 0.2) is 11.6 Å². The SMILES string of the molecule is CC(C)(O)c1cc2cnc(Nc3ccc(N4CCNCC4)cn3)nc2c(N2CCOCC2)n1.OCCc1cc2cnc(Nc3ccc(N4CCNCC4)cn3)nc2c(N2CCOCC2)n1. The summed E-state index contributed by atoms with van der Waals surface area (Å²) in [5.74, 6) is 3.86.